The lowest BCUT2D eigenvalue weighted by Gasteiger charge is -2.05. The quantitative estimate of drug-likeness (QED) is 0.867. The maximum absolute atomic E-state index is 6.03. The smallest absolute Gasteiger partial charge is 0.222 e. The summed E-state index contributed by atoms with van der Waals surface area (Å²) in [6.45, 7) is 0.625. The fourth-order valence-electron chi connectivity index (χ4n) is 1.22. The van der Waals surface area contributed by atoms with Gasteiger partial charge in [-0.05, 0) is 34.2 Å². The van der Waals surface area contributed by atoms with Gasteiger partial charge in [0.15, 0.2) is 0 Å². The number of rotatable bonds is 3. The molecule has 1 heterocycles. The van der Waals surface area contributed by atoms with Crippen LogP contribution in [0.5, 0.6) is 0 Å². The van der Waals surface area contributed by atoms with Crippen LogP contribution in [0.1, 0.15) is 5.56 Å². The summed E-state index contributed by atoms with van der Waals surface area (Å²) >= 11 is 8.20. The molecule has 0 spiro atoms. The molecule has 82 valence electrons. The van der Waals surface area contributed by atoms with Gasteiger partial charge in [-0.2, -0.15) is 0 Å². The second kappa shape index (κ2) is 5.45. The van der Waals surface area contributed by atoms with Crippen LogP contribution in [0.25, 0.3) is 0 Å². The number of hydrogen-bond acceptors (Lipinski definition) is 3. The SMILES string of the molecule is Clc1ccccc1CNc1ncc(I)cn1. The molecule has 1 aromatic carbocycles. The molecule has 2 aromatic rings. The van der Waals surface area contributed by atoms with Crippen molar-refractivity contribution in [1.82, 2.24) is 9.97 Å². The molecule has 0 atom stereocenters. The van der Waals surface area contributed by atoms with E-state index in [0.29, 0.717) is 12.5 Å². The van der Waals surface area contributed by atoms with E-state index in [4.69, 9.17) is 11.6 Å². The van der Waals surface area contributed by atoms with Crippen molar-refractivity contribution in [1.29, 1.82) is 0 Å². The Kier molecular flexibility index (Phi) is 3.95. The van der Waals surface area contributed by atoms with Gasteiger partial charge in [0.05, 0.1) is 0 Å². The van der Waals surface area contributed by atoms with E-state index in [1.54, 1.807) is 12.4 Å². The minimum atomic E-state index is 0.611. The summed E-state index contributed by atoms with van der Waals surface area (Å²) in [5.74, 6) is 0.611. The van der Waals surface area contributed by atoms with E-state index in [1.807, 2.05) is 24.3 Å². The Morgan fingerprint density at radius 2 is 1.88 bits per heavy atom. The molecule has 0 unspecified atom stereocenters. The second-order valence-corrected chi connectivity index (χ2v) is 4.82. The standard InChI is InChI=1S/C11H9ClIN3/c12-10-4-2-1-3-8(10)5-14-11-15-6-9(13)7-16-11/h1-4,6-7H,5H2,(H,14,15,16). The van der Waals surface area contributed by atoms with Gasteiger partial charge in [-0.25, -0.2) is 9.97 Å². The molecule has 0 aliphatic heterocycles. The van der Waals surface area contributed by atoms with E-state index in [9.17, 15) is 0 Å². The second-order valence-electron chi connectivity index (χ2n) is 3.17. The van der Waals surface area contributed by atoms with Gasteiger partial charge < -0.3 is 5.32 Å². The first-order valence-electron chi connectivity index (χ1n) is 4.70. The van der Waals surface area contributed by atoms with Crippen LogP contribution in [-0.4, -0.2) is 9.97 Å². The largest absolute Gasteiger partial charge is 0.350 e. The van der Waals surface area contributed by atoms with Crippen molar-refractivity contribution < 1.29 is 0 Å². The first-order valence-corrected chi connectivity index (χ1v) is 6.16. The molecule has 0 amide bonds. The van der Waals surface area contributed by atoms with E-state index in [-0.39, 0.29) is 0 Å². The van der Waals surface area contributed by atoms with Crippen LogP contribution in [-0.2, 0) is 6.54 Å². The van der Waals surface area contributed by atoms with Gasteiger partial charge in [0.1, 0.15) is 0 Å². The molecule has 16 heavy (non-hydrogen) atoms. The number of nitrogens with zero attached hydrogens (tertiary/aromatic N) is 2. The molecule has 0 radical (unpaired) electrons. The van der Waals surface area contributed by atoms with Gasteiger partial charge in [-0.3, -0.25) is 0 Å². The van der Waals surface area contributed by atoms with Crippen molar-refractivity contribution in [3.63, 3.8) is 0 Å². The number of benzene rings is 1. The van der Waals surface area contributed by atoms with Crippen molar-refractivity contribution >= 4 is 40.1 Å². The van der Waals surface area contributed by atoms with Crippen molar-refractivity contribution in [3.05, 3.63) is 50.8 Å². The lowest BCUT2D eigenvalue weighted by atomic mass is 10.2. The van der Waals surface area contributed by atoms with Gasteiger partial charge in [-0.1, -0.05) is 29.8 Å². The Bertz CT molecular complexity index is 473. The van der Waals surface area contributed by atoms with Crippen LogP contribution in [0, 0.1) is 3.57 Å². The fourth-order valence-corrected chi connectivity index (χ4v) is 1.70. The number of anilines is 1. The summed E-state index contributed by atoms with van der Waals surface area (Å²) in [4.78, 5) is 8.30. The molecular formula is C11H9ClIN3. The van der Waals surface area contributed by atoms with E-state index in [2.05, 4.69) is 37.9 Å². The molecular weight excluding hydrogens is 336 g/mol. The molecule has 0 aliphatic rings. The Labute approximate surface area is 112 Å². The van der Waals surface area contributed by atoms with Crippen LogP contribution in [0.15, 0.2) is 36.7 Å². The lowest BCUT2D eigenvalue weighted by Crippen LogP contribution is -2.03. The Morgan fingerprint density at radius 1 is 1.19 bits per heavy atom. The number of aromatic nitrogens is 2. The summed E-state index contributed by atoms with van der Waals surface area (Å²) in [7, 11) is 0. The average molecular weight is 346 g/mol. The molecule has 1 aromatic heterocycles. The Balaban J connectivity index is 2.02. The summed E-state index contributed by atoms with van der Waals surface area (Å²) < 4.78 is 1.01. The maximum atomic E-state index is 6.03. The first kappa shape index (κ1) is 11.6. The predicted molar refractivity (Wildman–Crippen MR) is 73.5 cm³/mol. The van der Waals surface area contributed by atoms with Crippen molar-refractivity contribution in [3.8, 4) is 0 Å². The maximum Gasteiger partial charge on any atom is 0.222 e. The average Bonchev–Trinajstić information content (AvgIpc) is 2.30. The molecule has 1 N–H and O–H groups in total. The number of nitrogens with one attached hydrogen (secondary N) is 1. The van der Waals surface area contributed by atoms with Gasteiger partial charge in [0, 0.05) is 27.5 Å². The van der Waals surface area contributed by atoms with E-state index in [0.717, 1.165) is 14.2 Å². The third-order valence-electron chi connectivity index (χ3n) is 2.02. The van der Waals surface area contributed by atoms with Crippen LogP contribution in [0.3, 0.4) is 0 Å². The minimum Gasteiger partial charge on any atom is -0.350 e. The van der Waals surface area contributed by atoms with Crippen LogP contribution < -0.4 is 5.32 Å². The highest BCUT2D eigenvalue weighted by Crippen LogP contribution is 2.15. The fraction of sp³-hybridized carbons (Fsp3) is 0.0909. The van der Waals surface area contributed by atoms with Gasteiger partial charge in [-0.15, -0.1) is 0 Å². The molecule has 5 heteroatoms. The van der Waals surface area contributed by atoms with Crippen molar-refractivity contribution in [2.45, 2.75) is 6.54 Å². The molecule has 3 nitrogen and oxygen atoms in total. The molecule has 0 fully saturated rings. The van der Waals surface area contributed by atoms with Gasteiger partial charge >= 0.3 is 0 Å². The summed E-state index contributed by atoms with van der Waals surface area (Å²) in [5.41, 5.74) is 1.03. The number of hydrogen-bond donors (Lipinski definition) is 1. The highest BCUT2D eigenvalue weighted by Gasteiger charge is 2.00. The minimum absolute atomic E-state index is 0.611. The highest BCUT2D eigenvalue weighted by molar-refractivity contribution is 14.1. The van der Waals surface area contributed by atoms with Gasteiger partial charge in [0.2, 0.25) is 5.95 Å². The molecule has 2 rings (SSSR count). The van der Waals surface area contributed by atoms with E-state index < -0.39 is 0 Å². The van der Waals surface area contributed by atoms with Crippen molar-refractivity contribution in [2.75, 3.05) is 5.32 Å². The van der Waals surface area contributed by atoms with Crippen LogP contribution in [0.2, 0.25) is 5.02 Å². The van der Waals surface area contributed by atoms with Crippen LogP contribution in [0.4, 0.5) is 5.95 Å². The molecule has 0 aliphatic carbocycles. The molecule has 0 bridgehead atoms. The third kappa shape index (κ3) is 3.05. The van der Waals surface area contributed by atoms with E-state index >= 15 is 0 Å². The molecule has 0 saturated carbocycles. The first-order chi connectivity index (χ1) is 7.75. The van der Waals surface area contributed by atoms with E-state index in [1.165, 1.54) is 0 Å². The zero-order chi connectivity index (χ0) is 11.4. The number of halogens is 2. The van der Waals surface area contributed by atoms with Crippen LogP contribution >= 0.6 is 34.2 Å². The summed E-state index contributed by atoms with van der Waals surface area (Å²) in [6, 6.07) is 7.71. The Morgan fingerprint density at radius 3 is 2.56 bits per heavy atom. The summed E-state index contributed by atoms with van der Waals surface area (Å²) in [6.07, 6.45) is 3.53. The Hall–Kier alpha value is -0.880. The third-order valence-corrected chi connectivity index (χ3v) is 2.94. The van der Waals surface area contributed by atoms with Gasteiger partial charge in [0.25, 0.3) is 0 Å². The summed E-state index contributed by atoms with van der Waals surface area (Å²) in [5, 5.41) is 3.87. The zero-order valence-corrected chi connectivity index (χ0v) is 11.2. The predicted octanol–water partition coefficient (Wildman–Crippen LogP) is 3.35. The van der Waals surface area contributed by atoms with Crippen molar-refractivity contribution in [2.24, 2.45) is 0 Å². The molecule has 0 saturated heterocycles. The lowest BCUT2D eigenvalue weighted by molar-refractivity contribution is 1.05. The monoisotopic (exact) mass is 345 g/mol. The highest BCUT2D eigenvalue weighted by atomic mass is 127. The normalized spacial score (nSPS) is 10.1. The zero-order valence-electron chi connectivity index (χ0n) is 8.32. The topological polar surface area (TPSA) is 37.8 Å².